The highest BCUT2D eigenvalue weighted by Gasteiger charge is 2.52. The summed E-state index contributed by atoms with van der Waals surface area (Å²) in [7, 11) is -3.48. The van der Waals surface area contributed by atoms with E-state index in [-0.39, 0.29) is 0 Å². The van der Waals surface area contributed by atoms with E-state index in [0.29, 0.717) is 29.2 Å². The van der Waals surface area contributed by atoms with Gasteiger partial charge in [-0.15, -0.1) is 0 Å². The number of aryl methyl sites for hydroxylation is 1. The SMILES string of the molecule is Cc1ccc(S(=O)(=O)N2C=C[C@@H]3[C@H](C2)[C@H]3c2ccc3ccccc3c2)cc1. The Bertz CT molecular complexity index is 1150. The summed E-state index contributed by atoms with van der Waals surface area (Å²) in [6.45, 7) is 2.51. The summed E-state index contributed by atoms with van der Waals surface area (Å²) in [5.74, 6) is 1.20. The van der Waals surface area contributed by atoms with Crippen LogP contribution < -0.4 is 0 Å². The number of benzene rings is 3. The average molecular weight is 375 g/mol. The van der Waals surface area contributed by atoms with E-state index in [9.17, 15) is 8.42 Å². The van der Waals surface area contributed by atoms with Crippen molar-refractivity contribution in [3.63, 3.8) is 0 Å². The van der Waals surface area contributed by atoms with Gasteiger partial charge >= 0.3 is 0 Å². The van der Waals surface area contributed by atoms with Crippen molar-refractivity contribution in [2.24, 2.45) is 11.8 Å². The first-order valence-electron chi connectivity index (χ1n) is 9.29. The molecule has 27 heavy (non-hydrogen) atoms. The zero-order valence-electron chi connectivity index (χ0n) is 15.1. The maximum absolute atomic E-state index is 13.0. The number of sulfonamides is 1. The van der Waals surface area contributed by atoms with Crippen LogP contribution >= 0.6 is 0 Å². The summed E-state index contributed by atoms with van der Waals surface area (Å²) < 4.78 is 27.4. The van der Waals surface area contributed by atoms with E-state index in [4.69, 9.17) is 0 Å². The van der Waals surface area contributed by atoms with E-state index in [1.807, 2.05) is 19.1 Å². The molecular formula is C23H21NO2S. The van der Waals surface area contributed by atoms with Crippen molar-refractivity contribution in [2.75, 3.05) is 6.54 Å². The van der Waals surface area contributed by atoms with Crippen LogP contribution in [-0.4, -0.2) is 19.3 Å². The lowest BCUT2D eigenvalue weighted by atomic mass is 10.0. The average Bonchev–Trinajstić information content (AvgIpc) is 3.41. The van der Waals surface area contributed by atoms with Crippen molar-refractivity contribution in [3.05, 3.63) is 90.1 Å². The molecule has 0 aromatic heterocycles. The molecule has 0 N–H and O–H groups in total. The van der Waals surface area contributed by atoms with Crippen LogP contribution in [0.3, 0.4) is 0 Å². The van der Waals surface area contributed by atoms with Crippen molar-refractivity contribution >= 4 is 20.8 Å². The van der Waals surface area contributed by atoms with Gasteiger partial charge in [-0.2, -0.15) is 0 Å². The molecule has 3 atom stereocenters. The Morgan fingerprint density at radius 1 is 0.926 bits per heavy atom. The first-order valence-corrected chi connectivity index (χ1v) is 10.7. The Hall–Kier alpha value is -2.59. The van der Waals surface area contributed by atoms with E-state index >= 15 is 0 Å². The molecule has 1 saturated carbocycles. The second-order valence-corrected chi connectivity index (χ2v) is 9.49. The fourth-order valence-electron chi connectivity index (χ4n) is 4.27. The number of fused-ring (bicyclic) bond motifs is 2. The van der Waals surface area contributed by atoms with Gasteiger partial charge in [0, 0.05) is 12.7 Å². The molecule has 4 heteroatoms. The van der Waals surface area contributed by atoms with Crippen molar-refractivity contribution < 1.29 is 8.42 Å². The van der Waals surface area contributed by atoms with Gasteiger partial charge in [-0.3, -0.25) is 4.31 Å². The van der Waals surface area contributed by atoms with Crippen LogP contribution in [0.15, 0.2) is 83.9 Å². The van der Waals surface area contributed by atoms with Gasteiger partial charge in [0.05, 0.1) is 4.90 Å². The van der Waals surface area contributed by atoms with Crippen molar-refractivity contribution in [1.29, 1.82) is 0 Å². The molecule has 0 radical (unpaired) electrons. The standard InChI is InChI=1S/C23H21NO2S/c1-16-6-10-20(11-7-16)27(25,26)24-13-12-21-22(15-24)23(21)19-9-8-17-4-2-3-5-18(17)14-19/h2-14,21-23H,15H2,1H3/t21-,22+,23+/m1/s1. The van der Waals surface area contributed by atoms with Gasteiger partial charge in [0.25, 0.3) is 10.0 Å². The Kier molecular flexibility index (Phi) is 3.66. The molecule has 0 bridgehead atoms. The number of allylic oxidation sites excluding steroid dienone is 1. The van der Waals surface area contributed by atoms with Crippen LogP contribution in [0.25, 0.3) is 10.8 Å². The molecule has 5 rings (SSSR count). The van der Waals surface area contributed by atoms with Gasteiger partial charge in [-0.1, -0.05) is 66.2 Å². The molecule has 1 heterocycles. The predicted octanol–water partition coefficient (Wildman–Crippen LogP) is 4.70. The van der Waals surface area contributed by atoms with Gasteiger partial charge in [-0.25, -0.2) is 8.42 Å². The third-order valence-corrected chi connectivity index (χ3v) is 7.64. The van der Waals surface area contributed by atoms with Gasteiger partial charge in [-0.05, 0) is 53.1 Å². The molecule has 0 unspecified atom stereocenters. The predicted molar refractivity (Wildman–Crippen MR) is 108 cm³/mol. The van der Waals surface area contributed by atoms with Crippen LogP contribution in [0.1, 0.15) is 17.0 Å². The summed E-state index contributed by atoms with van der Waals surface area (Å²) in [6, 6.07) is 22.1. The number of nitrogens with zero attached hydrogens (tertiary/aromatic N) is 1. The molecule has 3 aromatic rings. The van der Waals surface area contributed by atoms with Gasteiger partial charge in [0.2, 0.25) is 0 Å². The van der Waals surface area contributed by atoms with E-state index in [2.05, 4.69) is 48.5 Å². The highest BCUT2D eigenvalue weighted by Crippen LogP contribution is 2.57. The third-order valence-electron chi connectivity index (χ3n) is 5.88. The van der Waals surface area contributed by atoms with E-state index in [0.717, 1.165) is 5.56 Å². The zero-order valence-corrected chi connectivity index (χ0v) is 15.9. The summed E-state index contributed by atoms with van der Waals surface area (Å²) in [6.07, 6.45) is 3.83. The maximum Gasteiger partial charge on any atom is 0.263 e. The van der Waals surface area contributed by atoms with E-state index in [1.54, 1.807) is 18.3 Å². The van der Waals surface area contributed by atoms with Crippen LogP contribution in [-0.2, 0) is 10.0 Å². The third kappa shape index (κ3) is 2.76. The molecule has 2 aliphatic rings. The topological polar surface area (TPSA) is 37.4 Å². The summed E-state index contributed by atoms with van der Waals surface area (Å²) in [5.41, 5.74) is 2.37. The maximum atomic E-state index is 13.0. The van der Waals surface area contributed by atoms with Gasteiger partial charge < -0.3 is 0 Å². The first-order chi connectivity index (χ1) is 13.0. The lowest BCUT2D eigenvalue weighted by Gasteiger charge is -2.23. The molecular weight excluding hydrogens is 354 g/mol. The lowest BCUT2D eigenvalue weighted by molar-refractivity contribution is 0.460. The molecule has 1 fully saturated rings. The van der Waals surface area contributed by atoms with E-state index < -0.39 is 10.0 Å². The van der Waals surface area contributed by atoms with Crippen LogP contribution in [0, 0.1) is 18.8 Å². The number of hydrogen-bond donors (Lipinski definition) is 0. The van der Waals surface area contributed by atoms with Gasteiger partial charge in [0.15, 0.2) is 0 Å². The quantitative estimate of drug-likeness (QED) is 0.666. The molecule has 3 aromatic carbocycles. The Morgan fingerprint density at radius 2 is 1.67 bits per heavy atom. The summed E-state index contributed by atoms with van der Waals surface area (Å²) >= 11 is 0. The highest BCUT2D eigenvalue weighted by molar-refractivity contribution is 7.89. The van der Waals surface area contributed by atoms with E-state index in [1.165, 1.54) is 20.6 Å². The second-order valence-electron chi connectivity index (χ2n) is 7.60. The minimum absolute atomic E-state index is 0.358. The van der Waals surface area contributed by atoms with Crippen molar-refractivity contribution in [2.45, 2.75) is 17.7 Å². The second kappa shape index (κ2) is 5.96. The fraction of sp³-hybridized carbons (Fsp3) is 0.217. The number of rotatable bonds is 3. The monoisotopic (exact) mass is 375 g/mol. The minimum Gasteiger partial charge on any atom is -0.273 e. The highest BCUT2D eigenvalue weighted by atomic mass is 32.2. The smallest absolute Gasteiger partial charge is 0.263 e. The van der Waals surface area contributed by atoms with Crippen molar-refractivity contribution in [1.82, 2.24) is 4.31 Å². The van der Waals surface area contributed by atoms with Crippen molar-refractivity contribution in [3.8, 4) is 0 Å². The summed E-state index contributed by atoms with van der Waals surface area (Å²) in [5, 5.41) is 2.48. The van der Waals surface area contributed by atoms with Crippen LogP contribution in [0.5, 0.6) is 0 Å². The molecule has 0 amide bonds. The van der Waals surface area contributed by atoms with Crippen LogP contribution in [0.2, 0.25) is 0 Å². The minimum atomic E-state index is -3.48. The Morgan fingerprint density at radius 3 is 2.44 bits per heavy atom. The molecule has 3 nitrogen and oxygen atoms in total. The normalized spacial score (nSPS) is 24.0. The Balaban J connectivity index is 1.40. The molecule has 0 spiro atoms. The molecule has 1 aliphatic heterocycles. The lowest BCUT2D eigenvalue weighted by Crippen LogP contribution is -2.30. The van der Waals surface area contributed by atoms with Gasteiger partial charge in [0.1, 0.15) is 0 Å². The van der Waals surface area contributed by atoms with Crippen LogP contribution in [0.4, 0.5) is 0 Å². The zero-order chi connectivity index (χ0) is 18.6. The molecule has 136 valence electrons. The molecule has 0 saturated heterocycles. The molecule has 1 aliphatic carbocycles. The number of hydrogen-bond acceptors (Lipinski definition) is 2. The first kappa shape index (κ1) is 16.6. The summed E-state index contributed by atoms with van der Waals surface area (Å²) in [4.78, 5) is 0.360. The fourth-order valence-corrected chi connectivity index (χ4v) is 5.62. The Labute approximate surface area is 160 Å². The largest absolute Gasteiger partial charge is 0.273 e.